The second-order valence-electron chi connectivity index (χ2n) is 1.92. The highest BCUT2D eigenvalue weighted by Gasteiger charge is 2.18. The molecule has 2 nitrogen and oxygen atoms in total. The van der Waals surface area contributed by atoms with Crippen LogP contribution in [0.3, 0.4) is 0 Å². The van der Waals surface area contributed by atoms with Crippen LogP contribution in [0.4, 0.5) is 8.78 Å². The minimum atomic E-state index is -2.49. The third-order valence-corrected chi connectivity index (χ3v) is 1.16. The zero-order valence-electron chi connectivity index (χ0n) is 5.31. The molecular formula is C5H7ClF2O2. The molecular weight excluding hydrogens is 166 g/mol. The molecule has 0 bridgehead atoms. The van der Waals surface area contributed by atoms with Gasteiger partial charge in [0.15, 0.2) is 0 Å². The van der Waals surface area contributed by atoms with Crippen molar-refractivity contribution < 1.29 is 17.9 Å². The van der Waals surface area contributed by atoms with E-state index in [0.29, 0.717) is 0 Å². The average molecular weight is 173 g/mol. The Labute approximate surface area is 62.3 Å². The van der Waals surface area contributed by atoms with Crippen LogP contribution in [0.1, 0.15) is 13.3 Å². The lowest BCUT2D eigenvalue weighted by atomic mass is 10.1. The summed E-state index contributed by atoms with van der Waals surface area (Å²) in [6, 6.07) is 0. The number of carbonyl (C=O) groups excluding carboxylic acids is 1. The monoisotopic (exact) mass is 172 g/mol. The summed E-state index contributed by atoms with van der Waals surface area (Å²) in [6.07, 6.45) is -3.00. The third kappa shape index (κ3) is 3.61. The van der Waals surface area contributed by atoms with Crippen molar-refractivity contribution in [2.45, 2.75) is 19.8 Å². The first kappa shape index (κ1) is 9.62. The molecule has 0 radical (unpaired) electrons. The second-order valence-corrected chi connectivity index (χ2v) is 2.08. The Morgan fingerprint density at radius 2 is 2.20 bits per heavy atom. The lowest BCUT2D eigenvalue weighted by molar-refractivity contribution is -0.139. The number of halogens is 3. The summed E-state index contributed by atoms with van der Waals surface area (Å²) in [7, 11) is 0. The zero-order valence-corrected chi connectivity index (χ0v) is 6.07. The maximum absolute atomic E-state index is 11.5. The van der Waals surface area contributed by atoms with Crippen molar-refractivity contribution in [2.24, 2.45) is 5.92 Å². The van der Waals surface area contributed by atoms with E-state index in [1.807, 2.05) is 0 Å². The first-order chi connectivity index (χ1) is 4.57. The van der Waals surface area contributed by atoms with E-state index in [2.05, 4.69) is 16.2 Å². The molecule has 0 aromatic rings. The largest absolute Gasteiger partial charge is 0.347 e. The van der Waals surface area contributed by atoms with Crippen LogP contribution in [-0.4, -0.2) is 12.4 Å². The summed E-state index contributed by atoms with van der Waals surface area (Å²) in [5.41, 5.74) is 0. The first-order valence-electron chi connectivity index (χ1n) is 2.68. The molecule has 60 valence electrons. The van der Waals surface area contributed by atoms with Gasteiger partial charge in [-0.05, 0) is 0 Å². The van der Waals surface area contributed by atoms with Gasteiger partial charge in [-0.1, -0.05) is 6.92 Å². The first-order valence-corrected chi connectivity index (χ1v) is 2.99. The van der Waals surface area contributed by atoms with E-state index in [-0.39, 0.29) is 0 Å². The Morgan fingerprint density at radius 3 is 2.50 bits per heavy atom. The van der Waals surface area contributed by atoms with Gasteiger partial charge in [0.05, 0.1) is 5.92 Å². The second kappa shape index (κ2) is 4.44. The van der Waals surface area contributed by atoms with E-state index in [1.54, 1.807) is 0 Å². The van der Waals surface area contributed by atoms with Gasteiger partial charge in [-0.25, -0.2) is 8.78 Å². The fraction of sp³-hybridized carbons (Fsp3) is 0.800. The summed E-state index contributed by atoms with van der Waals surface area (Å²) in [4.78, 5) is 10.4. The molecule has 0 fully saturated rings. The van der Waals surface area contributed by atoms with Crippen LogP contribution in [-0.2, 0) is 9.08 Å². The zero-order chi connectivity index (χ0) is 8.15. The van der Waals surface area contributed by atoms with Gasteiger partial charge in [-0.2, -0.15) is 0 Å². The minimum absolute atomic E-state index is 0.508. The van der Waals surface area contributed by atoms with Gasteiger partial charge in [0.2, 0.25) is 6.43 Å². The standard InChI is InChI=1S/C5H7ClF2O2/c1-3(2-4(7)8)5(9)10-6/h3-4H,2H2,1H3. The van der Waals surface area contributed by atoms with Gasteiger partial charge in [-0.15, -0.1) is 0 Å². The molecule has 0 spiro atoms. The predicted octanol–water partition coefficient (Wildman–Crippen LogP) is 1.97. The Bertz CT molecular complexity index is 118. The van der Waals surface area contributed by atoms with Gasteiger partial charge in [0, 0.05) is 6.42 Å². The van der Waals surface area contributed by atoms with Crippen LogP contribution in [0, 0.1) is 5.92 Å². The van der Waals surface area contributed by atoms with Crippen molar-refractivity contribution in [1.82, 2.24) is 0 Å². The quantitative estimate of drug-likeness (QED) is 0.651. The summed E-state index contributed by atoms with van der Waals surface area (Å²) < 4.78 is 26.8. The van der Waals surface area contributed by atoms with Crippen LogP contribution >= 0.6 is 11.9 Å². The lowest BCUT2D eigenvalue weighted by Crippen LogP contribution is -2.13. The molecule has 0 saturated heterocycles. The Hall–Kier alpha value is -0.380. The highest BCUT2D eigenvalue weighted by atomic mass is 35.5. The van der Waals surface area contributed by atoms with E-state index < -0.39 is 24.7 Å². The predicted molar refractivity (Wildman–Crippen MR) is 31.7 cm³/mol. The molecule has 0 aromatic carbocycles. The Kier molecular flexibility index (Phi) is 4.27. The topological polar surface area (TPSA) is 26.3 Å². The molecule has 0 aliphatic rings. The Balaban J connectivity index is 3.61. The van der Waals surface area contributed by atoms with Crippen molar-refractivity contribution in [1.29, 1.82) is 0 Å². The molecule has 0 aliphatic carbocycles. The van der Waals surface area contributed by atoms with Gasteiger partial charge in [0.1, 0.15) is 11.9 Å². The molecule has 0 aliphatic heterocycles. The molecule has 0 aromatic heterocycles. The summed E-state index contributed by atoms with van der Waals surface area (Å²) >= 11 is 4.64. The molecule has 0 N–H and O–H groups in total. The van der Waals surface area contributed by atoms with Crippen LogP contribution in [0.15, 0.2) is 0 Å². The van der Waals surface area contributed by atoms with Crippen molar-refractivity contribution in [3.8, 4) is 0 Å². The average Bonchev–Trinajstić information content (AvgIpc) is 1.85. The number of carbonyl (C=O) groups is 1. The van der Waals surface area contributed by atoms with E-state index in [9.17, 15) is 13.6 Å². The molecule has 5 heteroatoms. The highest BCUT2D eigenvalue weighted by molar-refractivity contribution is 6.13. The fourth-order valence-electron chi connectivity index (χ4n) is 0.440. The number of rotatable bonds is 3. The van der Waals surface area contributed by atoms with E-state index in [0.717, 1.165) is 0 Å². The number of hydrogen-bond donors (Lipinski definition) is 0. The van der Waals surface area contributed by atoms with Gasteiger partial charge < -0.3 is 4.29 Å². The van der Waals surface area contributed by atoms with Crippen molar-refractivity contribution in [2.75, 3.05) is 0 Å². The summed E-state index contributed by atoms with van der Waals surface area (Å²) in [5.74, 6) is -1.65. The highest BCUT2D eigenvalue weighted by Crippen LogP contribution is 2.11. The fourth-order valence-corrected chi connectivity index (χ4v) is 0.592. The van der Waals surface area contributed by atoms with Crippen LogP contribution in [0.25, 0.3) is 0 Å². The smallest absolute Gasteiger partial charge is 0.327 e. The minimum Gasteiger partial charge on any atom is -0.347 e. The van der Waals surface area contributed by atoms with Crippen molar-refractivity contribution in [3.63, 3.8) is 0 Å². The van der Waals surface area contributed by atoms with Gasteiger partial charge in [-0.3, -0.25) is 4.79 Å². The summed E-state index contributed by atoms with van der Waals surface area (Å²) in [6.45, 7) is 1.33. The van der Waals surface area contributed by atoms with Crippen molar-refractivity contribution >= 4 is 17.8 Å². The molecule has 0 amide bonds. The molecule has 1 unspecified atom stereocenters. The SMILES string of the molecule is CC(CC(F)F)C(=O)OCl. The van der Waals surface area contributed by atoms with Crippen LogP contribution < -0.4 is 0 Å². The normalized spacial score (nSPS) is 13.3. The maximum atomic E-state index is 11.5. The number of hydrogen-bond acceptors (Lipinski definition) is 2. The van der Waals surface area contributed by atoms with Crippen LogP contribution in [0.2, 0.25) is 0 Å². The van der Waals surface area contributed by atoms with E-state index in [1.165, 1.54) is 6.92 Å². The van der Waals surface area contributed by atoms with Gasteiger partial charge in [0.25, 0.3) is 0 Å². The third-order valence-electron chi connectivity index (χ3n) is 1.01. The molecule has 0 rings (SSSR count). The number of alkyl halides is 2. The molecule has 0 saturated carbocycles. The van der Waals surface area contributed by atoms with Gasteiger partial charge >= 0.3 is 5.97 Å². The van der Waals surface area contributed by atoms with E-state index in [4.69, 9.17) is 0 Å². The Morgan fingerprint density at radius 1 is 1.70 bits per heavy atom. The van der Waals surface area contributed by atoms with Crippen LogP contribution in [0.5, 0.6) is 0 Å². The van der Waals surface area contributed by atoms with E-state index >= 15 is 0 Å². The molecule has 10 heavy (non-hydrogen) atoms. The summed E-state index contributed by atoms with van der Waals surface area (Å²) in [5, 5.41) is 0. The maximum Gasteiger partial charge on any atom is 0.327 e. The molecule has 0 heterocycles. The van der Waals surface area contributed by atoms with Crippen molar-refractivity contribution in [3.05, 3.63) is 0 Å². The molecule has 1 atom stereocenters. The lowest BCUT2D eigenvalue weighted by Gasteiger charge is -2.04.